The zero-order chi connectivity index (χ0) is 19.8. The molecule has 1 aliphatic heterocycles. The van der Waals surface area contributed by atoms with Crippen LogP contribution in [0, 0.1) is 5.92 Å². The molecule has 0 saturated carbocycles. The van der Waals surface area contributed by atoms with E-state index in [1.54, 1.807) is 28.4 Å². The third kappa shape index (κ3) is 5.42. The number of primary amides is 1. The Labute approximate surface area is 160 Å². The zero-order valence-corrected chi connectivity index (χ0v) is 16.6. The maximum absolute atomic E-state index is 11.2. The van der Waals surface area contributed by atoms with Gasteiger partial charge in [-0.1, -0.05) is 0 Å². The minimum absolute atomic E-state index is 0.250. The number of nitrogens with one attached hydrogen (secondary N) is 1. The number of methoxy groups -OCH3 is 3. The molecule has 1 aliphatic rings. The molecule has 150 valence electrons. The smallest absolute Gasteiger partial charge is 0.217 e. The summed E-state index contributed by atoms with van der Waals surface area (Å²) in [7, 11) is 6.58. The Balaban J connectivity index is 2.08. The minimum Gasteiger partial charge on any atom is -0.496 e. The maximum atomic E-state index is 11.2. The number of rotatable bonds is 7. The second-order valence-corrected chi connectivity index (χ2v) is 6.54. The van der Waals surface area contributed by atoms with Crippen LogP contribution in [-0.2, 0) is 11.3 Å². The third-order valence-electron chi connectivity index (χ3n) is 4.74. The topological polar surface area (TPSA) is 98.4 Å². The van der Waals surface area contributed by atoms with Gasteiger partial charge in [-0.15, -0.1) is 0 Å². The number of carbonyl (C=O) groups excluding carboxylic acids is 1. The van der Waals surface area contributed by atoms with Crippen LogP contribution in [0.5, 0.6) is 17.2 Å². The van der Waals surface area contributed by atoms with E-state index in [9.17, 15) is 4.79 Å². The van der Waals surface area contributed by atoms with Crippen LogP contribution in [0.1, 0.15) is 24.8 Å². The number of ether oxygens (including phenoxy) is 3. The summed E-state index contributed by atoms with van der Waals surface area (Å²) in [5.74, 6) is 2.78. The molecule has 1 saturated heterocycles. The van der Waals surface area contributed by atoms with Crippen molar-refractivity contribution in [1.29, 1.82) is 0 Å². The number of carbonyl (C=O) groups is 1. The van der Waals surface area contributed by atoms with Crippen molar-refractivity contribution in [3.8, 4) is 17.2 Å². The van der Waals surface area contributed by atoms with E-state index in [2.05, 4.69) is 15.2 Å². The predicted octanol–water partition coefficient (Wildman–Crippen LogP) is 1.38. The second kappa shape index (κ2) is 9.89. The average molecular weight is 378 g/mol. The standard InChI is InChI=1S/C19H30N4O4/c1-21-19(23-7-5-6-13(12-23)8-18(20)24)22-11-14-9-16(26-3)17(27-4)10-15(14)25-2/h9-10,13H,5-8,11-12H2,1-4H3,(H2,20,24)(H,21,22). The molecule has 1 heterocycles. The van der Waals surface area contributed by atoms with Crippen molar-refractivity contribution in [2.75, 3.05) is 41.5 Å². The first-order valence-corrected chi connectivity index (χ1v) is 9.05. The fourth-order valence-corrected chi connectivity index (χ4v) is 3.45. The van der Waals surface area contributed by atoms with Crippen LogP contribution in [0.2, 0.25) is 0 Å². The molecular weight excluding hydrogens is 348 g/mol. The minimum atomic E-state index is -0.250. The number of nitrogens with two attached hydrogens (primary N) is 1. The number of hydrogen-bond acceptors (Lipinski definition) is 5. The molecule has 1 aromatic carbocycles. The first kappa shape index (κ1) is 20.7. The Morgan fingerprint density at radius 2 is 1.89 bits per heavy atom. The summed E-state index contributed by atoms with van der Waals surface area (Å²) in [5, 5.41) is 3.38. The molecular formula is C19H30N4O4. The van der Waals surface area contributed by atoms with Crippen molar-refractivity contribution < 1.29 is 19.0 Å². The highest BCUT2D eigenvalue weighted by Crippen LogP contribution is 2.34. The normalized spacial score (nSPS) is 17.4. The van der Waals surface area contributed by atoms with Gasteiger partial charge in [0.15, 0.2) is 17.5 Å². The zero-order valence-electron chi connectivity index (χ0n) is 16.6. The number of benzene rings is 1. The van der Waals surface area contributed by atoms with E-state index in [0.29, 0.717) is 30.2 Å². The van der Waals surface area contributed by atoms with Crippen LogP contribution in [0.3, 0.4) is 0 Å². The van der Waals surface area contributed by atoms with Crippen LogP contribution >= 0.6 is 0 Å². The number of likely N-dealkylation sites (tertiary alicyclic amines) is 1. The van der Waals surface area contributed by atoms with E-state index in [0.717, 1.165) is 37.5 Å². The number of amides is 1. The van der Waals surface area contributed by atoms with E-state index < -0.39 is 0 Å². The number of piperidine rings is 1. The lowest BCUT2D eigenvalue weighted by Crippen LogP contribution is -2.46. The summed E-state index contributed by atoms with van der Waals surface area (Å²) in [4.78, 5) is 17.8. The Hall–Kier alpha value is -2.64. The van der Waals surface area contributed by atoms with Gasteiger partial charge >= 0.3 is 0 Å². The van der Waals surface area contributed by atoms with Gasteiger partial charge in [0.1, 0.15) is 5.75 Å². The summed E-state index contributed by atoms with van der Waals surface area (Å²) in [5.41, 5.74) is 6.29. The SMILES string of the molecule is CN=C(NCc1cc(OC)c(OC)cc1OC)N1CCCC(CC(N)=O)C1. The molecule has 27 heavy (non-hydrogen) atoms. The molecule has 2 rings (SSSR count). The number of guanidine groups is 1. The lowest BCUT2D eigenvalue weighted by molar-refractivity contribution is -0.119. The van der Waals surface area contributed by atoms with Crippen molar-refractivity contribution in [2.24, 2.45) is 16.6 Å². The Bertz CT molecular complexity index is 678. The van der Waals surface area contributed by atoms with Crippen LogP contribution in [-0.4, -0.2) is 58.2 Å². The molecule has 8 nitrogen and oxygen atoms in total. The van der Waals surface area contributed by atoms with E-state index in [-0.39, 0.29) is 11.8 Å². The van der Waals surface area contributed by atoms with Crippen molar-refractivity contribution in [2.45, 2.75) is 25.8 Å². The molecule has 3 N–H and O–H groups in total. The first-order chi connectivity index (χ1) is 13.0. The van der Waals surface area contributed by atoms with Crippen molar-refractivity contribution in [3.05, 3.63) is 17.7 Å². The van der Waals surface area contributed by atoms with Crippen LogP contribution in [0.25, 0.3) is 0 Å². The predicted molar refractivity (Wildman–Crippen MR) is 104 cm³/mol. The Morgan fingerprint density at radius 1 is 1.22 bits per heavy atom. The van der Waals surface area contributed by atoms with Crippen LogP contribution < -0.4 is 25.3 Å². The van der Waals surface area contributed by atoms with Gasteiger partial charge in [-0.3, -0.25) is 9.79 Å². The lowest BCUT2D eigenvalue weighted by atomic mass is 9.95. The Kier molecular flexibility index (Phi) is 7.57. The van der Waals surface area contributed by atoms with Crippen molar-refractivity contribution in [1.82, 2.24) is 10.2 Å². The third-order valence-corrected chi connectivity index (χ3v) is 4.74. The summed E-state index contributed by atoms with van der Waals surface area (Å²) >= 11 is 0. The molecule has 1 atom stereocenters. The Morgan fingerprint density at radius 3 is 2.48 bits per heavy atom. The molecule has 1 aromatic rings. The lowest BCUT2D eigenvalue weighted by Gasteiger charge is -2.34. The van der Waals surface area contributed by atoms with E-state index in [1.165, 1.54) is 0 Å². The van der Waals surface area contributed by atoms with Gasteiger partial charge in [-0.25, -0.2) is 0 Å². The van der Waals surface area contributed by atoms with Crippen LogP contribution in [0.4, 0.5) is 0 Å². The quantitative estimate of drug-likeness (QED) is 0.549. The van der Waals surface area contributed by atoms with E-state index >= 15 is 0 Å². The van der Waals surface area contributed by atoms with Crippen LogP contribution in [0.15, 0.2) is 17.1 Å². The summed E-state index contributed by atoms with van der Waals surface area (Å²) in [6, 6.07) is 3.70. The molecule has 1 unspecified atom stereocenters. The molecule has 1 fully saturated rings. The van der Waals surface area contributed by atoms with Gasteiger partial charge in [-0.05, 0) is 24.8 Å². The number of hydrogen-bond donors (Lipinski definition) is 2. The summed E-state index contributed by atoms with van der Waals surface area (Å²) in [6.45, 7) is 2.19. The molecule has 0 aliphatic carbocycles. The fourth-order valence-electron chi connectivity index (χ4n) is 3.45. The molecule has 0 spiro atoms. The molecule has 0 radical (unpaired) electrons. The van der Waals surface area contributed by atoms with Crippen molar-refractivity contribution in [3.63, 3.8) is 0 Å². The average Bonchev–Trinajstić information content (AvgIpc) is 2.67. The van der Waals surface area contributed by atoms with Gasteiger partial charge in [-0.2, -0.15) is 0 Å². The highest BCUT2D eigenvalue weighted by molar-refractivity contribution is 5.80. The number of nitrogens with zero attached hydrogens (tertiary/aromatic N) is 2. The highest BCUT2D eigenvalue weighted by atomic mass is 16.5. The monoisotopic (exact) mass is 378 g/mol. The van der Waals surface area contributed by atoms with Gasteiger partial charge < -0.3 is 30.2 Å². The molecule has 0 aromatic heterocycles. The fraction of sp³-hybridized carbons (Fsp3) is 0.579. The van der Waals surface area contributed by atoms with E-state index in [1.807, 2.05) is 12.1 Å². The van der Waals surface area contributed by atoms with Gasteiger partial charge in [0.25, 0.3) is 0 Å². The second-order valence-electron chi connectivity index (χ2n) is 6.54. The molecule has 8 heteroatoms. The molecule has 1 amide bonds. The van der Waals surface area contributed by atoms with E-state index in [4.69, 9.17) is 19.9 Å². The van der Waals surface area contributed by atoms with Gasteiger partial charge in [0, 0.05) is 44.7 Å². The van der Waals surface area contributed by atoms with Gasteiger partial charge in [0.2, 0.25) is 5.91 Å². The van der Waals surface area contributed by atoms with Gasteiger partial charge in [0.05, 0.1) is 21.3 Å². The first-order valence-electron chi connectivity index (χ1n) is 9.05. The van der Waals surface area contributed by atoms with Crippen molar-refractivity contribution >= 4 is 11.9 Å². The summed E-state index contributed by atoms with van der Waals surface area (Å²) < 4.78 is 16.2. The molecule has 0 bridgehead atoms. The number of aliphatic imine (C=N–C) groups is 1. The highest BCUT2D eigenvalue weighted by Gasteiger charge is 2.23. The largest absolute Gasteiger partial charge is 0.496 e. The summed E-state index contributed by atoms with van der Waals surface area (Å²) in [6.07, 6.45) is 2.44. The maximum Gasteiger partial charge on any atom is 0.217 e.